The topological polar surface area (TPSA) is 24.7 Å². The van der Waals surface area contributed by atoms with Crippen LogP contribution in [0, 0.1) is 23.7 Å². The summed E-state index contributed by atoms with van der Waals surface area (Å²) in [6, 6.07) is 0.845. The first-order chi connectivity index (χ1) is 11.4. The van der Waals surface area contributed by atoms with Gasteiger partial charge < -0.3 is 0 Å². The molecule has 0 aliphatic heterocycles. The Balaban J connectivity index is 4.93. The molecular weight excluding hydrogens is 292 g/mol. The largest absolute Gasteiger partial charge is 0.191 e. The molecule has 0 fully saturated rings. The summed E-state index contributed by atoms with van der Waals surface area (Å²) >= 11 is 0. The zero-order valence-electron chi connectivity index (χ0n) is 18.0. The Kier molecular flexibility index (Phi) is 13.6. The lowest BCUT2D eigenvalue weighted by molar-refractivity contribution is 0.342. The molecule has 0 rings (SSSR count). The quantitative estimate of drug-likeness (QED) is 0.287. The maximum Gasteiger partial charge on any atom is 0.0713 e. The third-order valence-corrected chi connectivity index (χ3v) is 5.88. The third kappa shape index (κ3) is 11.2. The van der Waals surface area contributed by atoms with Crippen LogP contribution in [0.25, 0.3) is 0 Å². The predicted octanol–water partition coefficient (Wildman–Crippen LogP) is 7.92. The lowest BCUT2D eigenvalue weighted by Gasteiger charge is -2.22. The van der Waals surface area contributed by atoms with E-state index in [0.29, 0.717) is 12.1 Å². The SMILES string of the molecule is CCC(C)CC(CC(C)CC)N=NC(CC(C)CC)CC(C)CC. The molecule has 144 valence electrons. The van der Waals surface area contributed by atoms with Gasteiger partial charge in [0.2, 0.25) is 0 Å². The van der Waals surface area contributed by atoms with E-state index in [0.717, 1.165) is 23.7 Å². The molecule has 2 heteroatoms. The van der Waals surface area contributed by atoms with E-state index in [9.17, 15) is 0 Å². The summed E-state index contributed by atoms with van der Waals surface area (Å²) in [5.74, 6) is 3.00. The first kappa shape index (κ1) is 23.6. The first-order valence-electron chi connectivity index (χ1n) is 10.8. The van der Waals surface area contributed by atoms with Gasteiger partial charge in [0, 0.05) is 0 Å². The van der Waals surface area contributed by atoms with Crippen LogP contribution >= 0.6 is 0 Å². The highest BCUT2D eigenvalue weighted by molar-refractivity contribution is 4.75. The van der Waals surface area contributed by atoms with Crippen LogP contribution < -0.4 is 0 Å². The van der Waals surface area contributed by atoms with E-state index in [1.165, 1.54) is 51.4 Å². The van der Waals surface area contributed by atoms with Crippen LogP contribution in [0.2, 0.25) is 0 Å². The third-order valence-electron chi connectivity index (χ3n) is 5.88. The summed E-state index contributed by atoms with van der Waals surface area (Å²) in [6.07, 6.45) is 9.78. The van der Waals surface area contributed by atoms with Crippen molar-refractivity contribution in [3.05, 3.63) is 0 Å². The smallest absolute Gasteiger partial charge is 0.0713 e. The van der Waals surface area contributed by atoms with Gasteiger partial charge in [0.05, 0.1) is 12.1 Å². The highest BCUT2D eigenvalue weighted by Crippen LogP contribution is 2.24. The second-order valence-electron chi connectivity index (χ2n) is 8.54. The molecule has 2 nitrogen and oxygen atoms in total. The number of rotatable bonds is 14. The summed E-state index contributed by atoms with van der Waals surface area (Å²) in [4.78, 5) is 0. The summed E-state index contributed by atoms with van der Waals surface area (Å²) in [6.45, 7) is 18.6. The van der Waals surface area contributed by atoms with Gasteiger partial charge in [-0.15, -0.1) is 0 Å². The van der Waals surface area contributed by atoms with Crippen molar-refractivity contribution in [2.24, 2.45) is 33.9 Å². The van der Waals surface area contributed by atoms with E-state index < -0.39 is 0 Å². The Morgan fingerprint density at radius 2 is 0.667 bits per heavy atom. The highest BCUT2D eigenvalue weighted by Gasteiger charge is 2.18. The molecule has 0 aliphatic rings. The van der Waals surface area contributed by atoms with Crippen LogP contribution in [0.1, 0.15) is 107 Å². The Morgan fingerprint density at radius 1 is 0.458 bits per heavy atom. The molecule has 4 atom stereocenters. The molecule has 0 heterocycles. The highest BCUT2D eigenvalue weighted by atomic mass is 15.1. The summed E-state index contributed by atoms with van der Waals surface area (Å²) in [7, 11) is 0. The van der Waals surface area contributed by atoms with Crippen molar-refractivity contribution < 1.29 is 0 Å². The van der Waals surface area contributed by atoms with Crippen molar-refractivity contribution in [2.75, 3.05) is 0 Å². The van der Waals surface area contributed by atoms with Gasteiger partial charge >= 0.3 is 0 Å². The van der Waals surface area contributed by atoms with Crippen LogP contribution in [0.4, 0.5) is 0 Å². The van der Waals surface area contributed by atoms with Crippen molar-refractivity contribution in [3.8, 4) is 0 Å². The number of azo groups is 1. The monoisotopic (exact) mass is 338 g/mol. The molecule has 0 aromatic rings. The maximum absolute atomic E-state index is 4.90. The molecule has 0 bridgehead atoms. The average Bonchev–Trinajstić information content (AvgIpc) is 2.58. The fourth-order valence-corrected chi connectivity index (χ4v) is 3.09. The van der Waals surface area contributed by atoms with Gasteiger partial charge in [-0.05, 0) is 49.4 Å². The summed E-state index contributed by atoms with van der Waals surface area (Å²) < 4.78 is 0. The van der Waals surface area contributed by atoms with Crippen LogP contribution in [0.3, 0.4) is 0 Å². The molecule has 0 saturated heterocycles. The zero-order valence-corrected chi connectivity index (χ0v) is 18.0. The molecular formula is C22H46N2. The van der Waals surface area contributed by atoms with Crippen molar-refractivity contribution in [2.45, 2.75) is 119 Å². The molecule has 4 unspecified atom stereocenters. The van der Waals surface area contributed by atoms with Gasteiger partial charge in [-0.3, -0.25) is 0 Å². The first-order valence-corrected chi connectivity index (χ1v) is 10.8. The van der Waals surface area contributed by atoms with Gasteiger partial charge in [0.1, 0.15) is 0 Å². The average molecular weight is 339 g/mol. The maximum atomic E-state index is 4.90. The van der Waals surface area contributed by atoms with E-state index in [1.807, 2.05) is 0 Å². The fourth-order valence-electron chi connectivity index (χ4n) is 3.09. The van der Waals surface area contributed by atoms with E-state index in [-0.39, 0.29) is 0 Å². The minimum atomic E-state index is 0.422. The van der Waals surface area contributed by atoms with Gasteiger partial charge in [-0.25, -0.2) is 0 Å². The van der Waals surface area contributed by atoms with Gasteiger partial charge in [-0.2, -0.15) is 10.2 Å². The van der Waals surface area contributed by atoms with E-state index in [4.69, 9.17) is 10.2 Å². The number of hydrogen-bond acceptors (Lipinski definition) is 2. The van der Waals surface area contributed by atoms with Gasteiger partial charge in [-0.1, -0.05) is 81.1 Å². The molecule has 0 spiro atoms. The molecule has 0 radical (unpaired) electrons. The van der Waals surface area contributed by atoms with Crippen LogP contribution in [0.15, 0.2) is 10.2 Å². The van der Waals surface area contributed by atoms with Crippen molar-refractivity contribution in [1.82, 2.24) is 0 Å². The van der Waals surface area contributed by atoms with Crippen molar-refractivity contribution in [1.29, 1.82) is 0 Å². The summed E-state index contributed by atoms with van der Waals surface area (Å²) in [5, 5.41) is 9.80. The number of nitrogens with zero attached hydrogens (tertiary/aromatic N) is 2. The lowest BCUT2D eigenvalue weighted by atomic mass is 9.91. The molecule has 0 aromatic carbocycles. The van der Waals surface area contributed by atoms with E-state index in [1.54, 1.807) is 0 Å². The molecule has 0 amide bonds. The molecule has 0 aromatic heterocycles. The minimum absolute atomic E-state index is 0.422. The Bertz CT molecular complexity index is 259. The van der Waals surface area contributed by atoms with Crippen LogP contribution in [0.5, 0.6) is 0 Å². The Labute approximate surface area is 153 Å². The van der Waals surface area contributed by atoms with Crippen molar-refractivity contribution in [3.63, 3.8) is 0 Å². The van der Waals surface area contributed by atoms with Crippen molar-refractivity contribution >= 4 is 0 Å². The number of hydrogen-bond donors (Lipinski definition) is 0. The van der Waals surface area contributed by atoms with Crippen LogP contribution in [-0.4, -0.2) is 12.1 Å². The molecule has 0 aliphatic carbocycles. The lowest BCUT2D eigenvalue weighted by Crippen LogP contribution is -2.17. The standard InChI is InChI=1S/C22H46N2/c1-9-17(5)13-21(14-18(6)10-2)23-24-22(15-19(7)11-3)16-20(8)12-4/h17-22H,9-16H2,1-8H3. The normalized spacial score (nSPS) is 19.8. The Morgan fingerprint density at radius 3 is 0.833 bits per heavy atom. The predicted molar refractivity (Wildman–Crippen MR) is 109 cm³/mol. The Hall–Kier alpha value is -0.400. The van der Waals surface area contributed by atoms with E-state index in [2.05, 4.69) is 55.4 Å². The second-order valence-corrected chi connectivity index (χ2v) is 8.54. The molecule has 0 N–H and O–H groups in total. The molecule has 24 heavy (non-hydrogen) atoms. The second kappa shape index (κ2) is 13.8. The summed E-state index contributed by atoms with van der Waals surface area (Å²) in [5.41, 5.74) is 0. The van der Waals surface area contributed by atoms with Gasteiger partial charge in [0.25, 0.3) is 0 Å². The van der Waals surface area contributed by atoms with E-state index >= 15 is 0 Å². The molecule has 0 saturated carbocycles. The zero-order chi connectivity index (χ0) is 18.5. The minimum Gasteiger partial charge on any atom is -0.191 e. The van der Waals surface area contributed by atoms with Gasteiger partial charge in [0.15, 0.2) is 0 Å². The fraction of sp³-hybridized carbons (Fsp3) is 1.00. The van der Waals surface area contributed by atoms with Crippen LogP contribution in [-0.2, 0) is 0 Å².